The molecule has 1 aliphatic rings. The molecule has 0 spiro atoms. The van der Waals surface area contributed by atoms with Crippen molar-refractivity contribution >= 4 is 11.6 Å². The van der Waals surface area contributed by atoms with Crippen molar-refractivity contribution in [2.45, 2.75) is 19.1 Å². The van der Waals surface area contributed by atoms with Gasteiger partial charge in [0, 0.05) is 32.0 Å². The lowest BCUT2D eigenvalue weighted by Crippen LogP contribution is -2.30. The van der Waals surface area contributed by atoms with Crippen molar-refractivity contribution in [2.75, 3.05) is 25.5 Å². The molecule has 1 aliphatic heterocycles. The van der Waals surface area contributed by atoms with Gasteiger partial charge >= 0.3 is 0 Å². The highest BCUT2D eigenvalue weighted by molar-refractivity contribution is 5.99. The fourth-order valence-corrected chi connectivity index (χ4v) is 2.04. The van der Waals surface area contributed by atoms with E-state index in [-0.39, 0.29) is 19.0 Å². The second kappa shape index (κ2) is 4.91. The average molecular weight is 251 g/mol. The lowest BCUT2D eigenvalue weighted by atomic mass is 10.2. The molecule has 2 rings (SSSR count). The lowest BCUT2D eigenvalue weighted by Gasteiger charge is -2.17. The zero-order chi connectivity index (χ0) is 13.3. The number of aromatic nitrogens is 1. The minimum Gasteiger partial charge on any atom is -0.388 e. The standard InChI is InChI=1S/C12H17N3O3/c1-7-3-9(13-2)8(4-14-7)12(18)15-5-10(16)11(17)6-15/h3-4,10-11,16-17H,5-6H2,1-2H3,(H,13,14). The molecule has 2 heterocycles. The van der Waals surface area contributed by atoms with Crippen LogP contribution in [0.3, 0.4) is 0 Å². The van der Waals surface area contributed by atoms with Crippen molar-refractivity contribution in [1.29, 1.82) is 0 Å². The number of rotatable bonds is 2. The number of hydrogen-bond acceptors (Lipinski definition) is 5. The van der Waals surface area contributed by atoms with Crippen LogP contribution in [-0.4, -0.2) is 58.3 Å². The maximum atomic E-state index is 12.3. The molecule has 0 radical (unpaired) electrons. The highest BCUT2D eigenvalue weighted by Gasteiger charge is 2.33. The molecule has 1 fully saturated rings. The second-order valence-electron chi connectivity index (χ2n) is 4.47. The molecule has 0 bridgehead atoms. The van der Waals surface area contributed by atoms with Gasteiger partial charge in [-0.3, -0.25) is 9.78 Å². The number of anilines is 1. The Bertz CT molecular complexity index is 454. The molecule has 1 amide bonds. The largest absolute Gasteiger partial charge is 0.388 e. The Kier molecular flexibility index (Phi) is 3.49. The van der Waals surface area contributed by atoms with Crippen LogP contribution in [0.25, 0.3) is 0 Å². The van der Waals surface area contributed by atoms with Crippen LogP contribution in [0.5, 0.6) is 0 Å². The number of nitrogens with one attached hydrogen (secondary N) is 1. The van der Waals surface area contributed by atoms with Crippen molar-refractivity contribution in [3.8, 4) is 0 Å². The number of amides is 1. The van der Waals surface area contributed by atoms with Crippen LogP contribution in [0.1, 0.15) is 16.1 Å². The van der Waals surface area contributed by atoms with Crippen molar-refractivity contribution in [2.24, 2.45) is 0 Å². The minimum atomic E-state index is -0.870. The Hall–Kier alpha value is -1.66. The Balaban J connectivity index is 2.24. The third-order valence-corrected chi connectivity index (χ3v) is 3.09. The normalized spacial score (nSPS) is 23.2. The zero-order valence-electron chi connectivity index (χ0n) is 10.4. The molecule has 18 heavy (non-hydrogen) atoms. The summed E-state index contributed by atoms with van der Waals surface area (Å²) in [6.45, 7) is 2.15. The van der Waals surface area contributed by atoms with Crippen molar-refractivity contribution < 1.29 is 15.0 Å². The first kappa shape index (κ1) is 12.8. The molecular weight excluding hydrogens is 234 g/mol. The number of aryl methyl sites for hydroxylation is 1. The van der Waals surface area contributed by atoms with E-state index in [4.69, 9.17) is 0 Å². The second-order valence-corrected chi connectivity index (χ2v) is 4.47. The van der Waals surface area contributed by atoms with E-state index >= 15 is 0 Å². The lowest BCUT2D eigenvalue weighted by molar-refractivity contribution is 0.0572. The van der Waals surface area contributed by atoms with Gasteiger partial charge in [-0.05, 0) is 13.0 Å². The Morgan fingerprint density at radius 2 is 2.06 bits per heavy atom. The summed E-state index contributed by atoms with van der Waals surface area (Å²) in [7, 11) is 1.74. The molecule has 0 aromatic carbocycles. The predicted octanol–water partition coefficient (Wildman–Crippen LogP) is -0.391. The summed E-state index contributed by atoms with van der Waals surface area (Å²) < 4.78 is 0. The SMILES string of the molecule is CNc1cc(C)ncc1C(=O)N1CC(O)C(O)C1. The van der Waals surface area contributed by atoms with Gasteiger partial charge in [0.05, 0.1) is 23.5 Å². The monoisotopic (exact) mass is 251 g/mol. The molecule has 6 nitrogen and oxygen atoms in total. The van der Waals surface area contributed by atoms with Crippen LogP contribution in [0, 0.1) is 6.92 Å². The molecule has 0 saturated carbocycles. The first-order valence-electron chi connectivity index (χ1n) is 5.82. The van der Waals surface area contributed by atoms with Gasteiger partial charge in [0.1, 0.15) is 0 Å². The van der Waals surface area contributed by atoms with Crippen LogP contribution in [0.15, 0.2) is 12.3 Å². The molecule has 1 saturated heterocycles. The van der Waals surface area contributed by atoms with Gasteiger partial charge in [0.2, 0.25) is 0 Å². The van der Waals surface area contributed by atoms with Crippen LogP contribution in [0.2, 0.25) is 0 Å². The molecule has 98 valence electrons. The summed E-state index contributed by atoms with van der Waals surface area (Å²) in [4.78, 5) is 17.8. The maximum absolute atomic E-state index is 12.3. The van der Waals surface area contributed by atoms with E-state index < -0.39 is 12.2 Å². The van der Waals surface area contributed by atoms with Crippen LogP contribution < -0.4 is 5.32 Å². The smallest absolute Gasteiger partial charge is 0.257 e. The number of pyridine rings is 1. The molecule has 2 atom stereocenters. The third-order valence-electron chi connectivity index (χ3n) is 3.09. The molecule has 0 aliphatic carbocycles. The zero-order valence-corrected chi connectivity index (χ0v) is 10.4. The Morgan fingerprint density at radius 3 is 2.61 bits per heavy atom. The first-order valence-corrected chi connectivity index (χ1v) is 5.82. The van der Waals surface area contributed by atoms with Gasteiger partial charge in [-0.15, -0.1) is 0 Å². The summed E-state index contributed by atoms with van der Waals surface area (Å²) in [6, 6.07) is 1.79. The number of aliphatic hydroxyl groups is 2. The summed E-state index contributed by atoms with van der Waals surface area (Å²) in [6.07, 6.45) is -0.226. The average Bonchev–Trinajstić information content (AvgIpc) is 2.68. The quantitative estimate of drug-likeness (QED) is 0.666. The van der Waals surface area contributed by atoms with E-state index in [0.29, 0.717) is 11.3 Å². The van der Waals surface area contributed by atoms with Gasteiger partial charge in [0.15, 0.2) is 0 Å². The number of hydrogen-bond donors (Lipinski definition) is 3. The topological polar surface area (TPSA) is 85.7 Å². The molecule has 1 aromatic heterocycles. The fraction of sp³-hybridized carbons (Fsp3) is 0.500. The van der Waals surface area contributed by atoms with Crippen molar-refractivity contribution in [1.82, 2.24) is 9.88 Å². The van der Waals surface area contributed by atoms with Gasteiger partial charge in [-0.25, -0.2) is 0 Å². The first-order chi connectivity index (χ1) is 8.52. The number of nitrogens with zero attached hydrogens (tertiary/aromatic N) is 2. The number of aliphatic hydroxyl groups excluding tert-OH is 2. The minimum absolute atomic E-state index is 0.150. The van der Waals surface area contributed by atoms with Crippen molar-refractivity contribution in [3.63, 3.8) is 0 Å². The molecule has 3 N–H and O–H groups in total. The Labute approximate surface area is 105 Å². The molecule has 1 aromatic rings. The predicted molar refractivity (Wildman–Crippen MR) is 66.4 cm³/mol. The van der Waals surface area contributed by atoms with E-state index in [2.05, 4.69) is 10.3 Å². The van der Waals surface area contributed by atoms with Crippen molar-refractivity contribution in [3.05, 3.63) is 23.5 Å². The van der Waals surface area contributed by atoms with Gasteiger partial charge in [-0.1, -0.05) is 0 Å². The molecular formula is C12H17N3O3. The summed E-state index contributed by atoms with van der Waals surface area (Å²) in [5, 5.41) is 21.9. The van der Waals surface area contributed by atoms with E-state index in [1.54, 1.807) is 13.1 Å². The van der Waals surface area contributed by atoms with E-state index in [0.717, 1.165) is 5.69 Å². The number of likely N-dealkylation sites (tertiary alicyclic amines) is 1. The third kappa shape index (κ3) is 2.30. The maximum Gasteiger partial charge on any atom is 0.257 e. The van der Waals surface area contributed by atoms with Crippen LogP contribution in [0.4, 0.5) is 5.69 Å². The van der Waals surface area contributed by atoms with Gasteiger partial charge in [0.25, 0.3) is 5.91 Å². The summed E-state index contributed by atoms with van der Waals surface area (Å²) >= 11 is 0. The number of β-amino-alcohol motifs (C(OH)–C–C–N with tert-alkyl or cyclic N) is 2. The number of carbonyl (C=O) groups excluding carboxylic acids is 1. The molecule has 6 heteroatoms. The summed E-state index contributed by atoms with van der Waals surface area (Å²) in [5.74, 6) is -0.234. The van der Waals surface area contributed by atoms with E-state index in [1.165, 1.54) is 11.1 Å². The summed E-state index contributed by atoms with van der Waals surface area (Å²) in [5.41, 5.74) is 1.96. The highest BCUT2D eigenvalue weighted by Crippen LogP contribution is 2.20. The number of carbonyl (C=O) groups is 1. The van der Waals surface area contributed by atoms with Gasteiger partial charge < -0.3 is 20.4 Å². The molecule has 2 unspecified atom stereocenters. The van der Waals surface area contributed by atoms with Crippen LogP contribution in [-0.2, 0) is 0 Å². The van der Waals surface area contributed by atoms with Gasteiger partial charge in [-0.2, -0.15) is 0 Å². The highest BCUT2D eigenvalue weighted by atomic mass is 16.3. The van der Waals surface area contributed by atoms with Crippen LogP contribution >= 0.6 is 0 Å². The fourth-order valence-electron chi connectivity index (χ4n) is 2.04. The van der Waals surface area contributed by atoms with E-state index in [9.17, 15) is 15.0 Å². The van der Waals surface area contributed by atoms with E-state index in [1.807, 2.05) is 6.92 Å². The Morgan fingerprint density at radius 1 is 1.44 bits per heavy atom.